The van der Waals surface area contributed by atoms with Crippen molar-refractivity contribution in [3.8, 4) is 11.4 Å². The van der Waals surface area contributed by atoms with Crippen molar-refractivity contribution in [3.63, 3.8) is 0 Å². The van der Waals surface area contributed by atoms with E-state index < -0.39 is 0 Å². The summed E-state index contributed by atoms with van der Waals surface area (Å²) in [6, 6.07) is 8.57. The third-order valence-corrected chi connectivity index (χ3v) is 6.88. The topological polar surface area (TPSA) is 57.4 Å². The van der Waals surface area contributed by atoms with Gasteiger partial charge in [-0.1, -0.05) is 30.9 Å². The van der Waals surface area contributed by atoms with Crippen LogP contribution in [0.1, 0.15) is 46.0 Å². The summed E-state index contributed by atoms with van der Waals surface area (Å²) in [6.07, 6.45) is 14.1. The van der Waals surface area contributed by atoms with Crippen molar-refractivity contribution in [1.82, 2.24) is 20.2 Å². The van der Waals surface area contributed by atoms with E-state index >= 15 is 0 Å². The van der Waals surface area contributed by atoms with Gasteiger partial charge in [0.15, 0.2) is 0 Å². The summed E-state index contributed by atoms with van der Waals surface area (Å²) >= 11 is 1.81. The first-order valence-corrected chi connectivity index (χ1v) is 12.2. The molecule has 4 heterocycles. The first kappa shape index (κ1) is 23.5. The molecule has 0 saturated heterocycles. The second-order valence-electron chi connectivity index (χ2n) is 8.29. The Morgan fingerprint density at radius 3 is 2.59 bits per heavy atom. The lowest BCUT2D eigenvalue weighted by Crippen LogP contribution is -2.23. The fraction of sp³-hybridized carbons (Fsp3) is 0.172. The summed E-state index contributed by atoms with van der Waals surface area (Å²) in [4.78, 5) is 10.4. The van der Waals surface area contributed by atoms with Crippen LogP contribution in [0.2, 0.25) is 0 Å². The Kier molecular flexibility index (Phi) is 6.94. The molecule has 0 bridgehead atoms. The van der Waals surface area contributed by atoms with E-state index in [-0.39, 0.29) is 0 Å². The van der Waals surface area contributed by atoms with Crippen molar-refractivity contribution in [2.24, 2.45) is 0 Å². The molecule has 4 aromatic rings. The van der Waals surface area contributed by atoms with Gasteiger partial charge in [0, 0.05) is 49.8 Å². The largest absolute Gasteiger partial charge is 0.357 e. The molecule has 172 valence electrons. The molecular formula is C29H30N4S. The van der Waals surface area contributed by atoms with Gasteiger partial charge in [-0.25, -0.2) is 0 Å². The molecule has 0 atom stereocenters. The van der Waals surface area contributed by atoms with E-state index in [1.165, 1.54) is 20.9 Å². The van der Waals surface area contributed by atoms with Gasteiger partial charge in [0.25, 0.3) is 0 Å². The highest BCUT2D eigenvalue weighted by molar-refractivity contribution is 7.13. The van der Waals surface area contributed by atoms with Crippen molar-refractivity contribution in [2.45, 2.75) is 34.6 Å². The molecule has 0 aliphatic carbocycles. The van der Waals surface area contributed by atoms with Crippen molar-refractivity contribution in [3.05, 3.63) is 104 Å². The molecule has 0 spiro atoms. The van der Waals surface area contributed by atoms with Crippen LogP contribution in [0.3, 0.4) is 0 Å². The summed E-state index contributed by atoms with van der Waals surface area (Å²) in [6.45, 7) is 14.7. The van der Waals surface area contributed by atoms with E-state index in [2.05, 4.69) is 90.0 Å². The molecule has 0 unspecified atom stereocenters. The zero-order chi connectivity index (χ0) is 24.2. The Labute approximate surface area is 204 Å². The van der Waals surface area contributed by atoms with E-state index in [0.717, 1.165) is 44.3 Å². The predicted molar refractivity (Wildman–Crippen MR) is 146 cm³/mol. The van der Waals surface area contributed by atoms with Crippen LogP contribution in [0.25, 0.3) is 34.7 Å². The molecule has 0 radical (unpaired) electrons. The van der Waals surface area contributed by atoms with Gasteiger partial charge in [0.2, 0.25) is 0 Å². The number of aromatic nitrogens is 4. The van der Waals surface area contributed by atoms with Crippen molar-refractivity contribution in [1.29, 1.82) is 0 Å². The number of H-pyrrole nitrogens is 2. The fourth-order valence-electron chi connectivity index (χ4n) is 4.03. The van der Waals surface area contributed by atoms with Crippen LogP contribution in [0, 0.1) is 20.8 Å². The lowest BCUT2D eigenvalue weighted by Gasteiger charge is -2.04. The number of allylic oxidation sites excluding steroid dienone is 4. The van der Waals surface area contributed by atoms with Gasteiger partial charge in [-0.3, -0.25) is 10.1 Å². The van der Waals surface area contributed by atoms with Gasteiger partial charge in [-0.2, -0.15) is 5.10 Å². The third kappa shape index (κ3) is 4.66. The molecule has 4 rings (SSSR count). The molecule has 5 heteroatoms. The number of aryl methyl sites for hydroxylation is 3. The van der Waals surface area contributed by atoms with Gasteiger partial charge in [-0.15, -0.1) is 11.3 Å². The lowest BCUT2D eigenvalue weighted by molar-refractivity contribution is 1.06. The highest BCUT2D eigenvalue weighted by Gasteiger charge is 2.16. The molecule has 0 aliphatic heterocycles. The minimum Gasteiger partial charge on any atom is -0.357 e. The monoisotopic (exact) mass is 466 g/mol. The Bertz CT molecular complexity index is 1520. The lowest BCUT2D eigenvalue weighted by atomic mass is 10.0. The van der Waals surface area contributed by atoms with Crippen molar-refractivity contribution in [2.75, 3.05) is 0 Å². The van der Waals surface area contributed by atoms with Crippen LogP contribution in [0.4, 0.5) is 0 Å². The van der Waals surface area contributed by atoms with E-state index in [4.69, 9.17) is 0 Å². The number of nitrogens with zero attached hydrogens (tertiary/aromatic N) is 2. The zero-order valence-corrected chi connectivity index (χ0v) is 21.2. The number of thiophene rings is 1. The molecule has 2 N–H and O–H groups in total. The molecule has 4 aromatic heterocycles. The minimum absolute atomic E-state index is 0.873. The van der Waals surface area contributed by atoms with Crippen LogP contribution in [0.15, 0.2) is 61.5 Å². The van der Waals surface area contributed by atoms with Gasteiger partial charge in [0.1, 0.15) is 5.69 Å². The van der Waals surface area contributed by atoms with E-state index in [0.29, 0.717) is 0 Å². The van der Waals surface area contributed by atoms with Crippen molar-refractivity contribution < 1.29 is 0 Å². The smallest absolute Gasteiger partial charge is 0.116 e. The number of aromatic amines is 2. The number of nitrogens with one attached hydrogen (secondary N) is 2. The number of rotatable bonds is 6. The number of pyridine rings is 1. The highest BCUT2D eigenvalue weighted by Crippen LogP contribution is 2.33. The van der Waals surface area contributed by atoms with Crippen LogP contribution in [-0.4, -0.2) is 20.2 Å². The SMILES string of the molecule is C=C(/C=c1/c(-c2cc(/C(=C\C=C/C)c3ccc(C)s3)c(C)[nH]2)n[nH]/c1=C/C)c1cnccc1C. The summed E-state index contributed by atoms with van der Waals surface area (Å²) in [5.74, 6) is 0. The Hall–Kier alpha value is -3.70. The van der Waals surface area contributed by atoms with Gasteiger partial charge < -0.3 is 4.98 Å². The van der Waals surface area contributed by atoms with Crippen LogP contribution in [0.5, 0.6) is 0 Å². The molecule has 34 heavy (non-hydrogen) atoms. The van der Waals surface area contributed by atoms with Crippen molar-refractivity contribution >= 4 is 34.6 Å². The first-order valence-electron chi connectivity index (χ1n) is 11.4. The Balaban J connectivity index is 1.85. The maximum atomic E-state index is 4.67. The summed E-state index contributed by atoms with van der Waals surface area (Å²) < 4.78 is 0. The van der Waals surface area contributed by atoms with Crippen LogP contribution >= 0.6 is 11.3 Å². The van der Waals surface area contributed by atoms with Gasteiger partial charge in [-0.05, 0) is 76.1 Å². The van der Waals surface area contributed by atoms with Crippen LogP contribution < -0.4 is 10.6 Å². The second kappa shape index (κ2) is 10.1. The summed E-state index contributed by atoms with van der Waals surface area (Å²) in [5.41, 5.74) is 8.41. The maximum Gasteiger partial charge on any atom is 0.116 e. The normalized spacial score (nSPS) is 13.4. The average Bonchev–Trinajstić information content (AvgIpc) is 3.53. The van der Waals surface area contributed by atoms with E-state index in [1.54, 1.807) is 17.5 Å². The Morgan fingerprint density at radius 1 is 1.09 bits per heavy atom. The minimum atomic E-state index is 0.873. The highest BCUT2D eigenvalue weighted by atomic mass is 32.1. The molecular weight excluding hydrogens is 436 g/mol. The average molecular weight is 467 g/mol. The molecule has 0 saturated carbocycles. The van der Waals surface area contributed by atoms with Gasteiger partial charge in [0.05, 0.1) is 11.0 Å². The number of hydrogen-bond acceptors (Lipinski definition) is 3. The quantitative estimate of drug-likeness (QED) is 0.338. The first-order chi connectivity index (χ1) is 16.4. The zero-order valence-electron chi connectivity index (χ0n) is 20.4. The second-order valence-corrected chi connectivity index (χ2v) is 9.57. The molecule has 0 aromatic carbocycles. The standard InChI is InChI=1S/C29H30N4S/c1-7-9-10-22(28-12-11-20(5)34-28)23-16-27(31-21(23)6)29-24(26(8-2)32-33-29)15-19(4)25-17-30-14-13-18(25)3/h7-17,31-32H,4H2,1-3,5-6H3/b9-7-,22-10+,24-15+,26-8+. The van der Waals surface area contributed by atoms with Gasteiger partial charge >= 0.3 is 0 Å². The predicted octanol–water partition coefficient (Wildman–Crippen LogP) is 6.09. The molecule has 4 nitrogen and oxygen atoms in total. The Morgan fingerprint density at radius 2 is 1.91 bits per heavy atom. The summed E-state index contributed by atoms with van der Waals surface area (Å²) in [7, 11) is 0. The maximum absolute atomic E-state index is 4.67. The van der Waals surface area contributed by atoms with E-state index in [1.807, 2.05) is 32.2 Å². The van der Waals surface area contributed by atoms with Crippen LogP contribution in [-0.2, 0) is 0 Å². The van der Waals surface area contributed by atoms with E-state index in [9.17, 15) is 0 Å². The third-order valence-electron chi connectivity index (χ3n) is 5.85. The fourth-order valence-corrected chi connectivity index (χ4v) is 4.94. The molecule has 0 fully saturated rings. The summed E-state index contributed by atoms with van der Waals surface area (Å²) in [5, 5.41) is 9.83. The molecule has 0 amide bonds. The molecule has 0 aliphatic rings. The number of hydrogen-bond donors (Lipinski definition) is 2.